The van der Waals surface area contributed by atoms with Crippen LogP contribution < -0.4 is 5.32 Å². The molecule has 1 rings (SSSR count). The Kier molecular flexibility index (Phi) is 8.84. The van der Waals surface area contributed by atoms with E-state index in [1.165, 1.54) is 12.8 Å². The van der Waals surface area contributed by atoms with Crippen molar-refractivity contribution in [2.24, 2.45) is 11.8 Å². The molecule has 1 heterocycles. The van der Waals surface area contributed by atoms with Gasteiger partial charge in [-0.3, -0.25) is 4.79 Å². The maximum atomic E-state index is 11.7. The van der Waals surface area contributed by atoms with Gasteiger partial charge in [0.1, 0.15) is 6.61 Å². The summed E-state index contributed by atoms with van der Waals surface area (Å²) in [7, 11) is 0. The molecule has 0 aromatic rings. The SMILES string of the molecule is CCCCOCCOC(=O)CC(C)C1CCCNC1. The van der Waals surface area contributed by atoms with Crippen molar-refractivity contribution in [3.63, 3.8) is 0 Å². The molecule has 2 atom stereocenters. The van der Waals surface area contributed by atoms with E-state index in [4.69, 9.17) is 9.47 Å². The minimum Gasteiger partial charge on any atom is -0.463 e. The highest BCUT2D eigenvalue weighted by atomic mass is 16.6. The molecule has 0 aliphatic carbocycles. The fourth-order valence-corrected chi connectivity index (χ4v) is 2.42. The topological polar surface area (TPSA) is 47.6 Å². The Balaban J connectivity index is 2.02. The number of ether oxygens (including phenoxy) is 2. The van der Waals surface area contributed by atoms with E-state index in [1.807, 2.05) is 0 Å². The minimum atomic E-state index is -0.0860. The molecule has 0 aromatic carbocycles. The van der Waals surface area contributed by atoms with Gasteiger partial charge in [-0.25, -0.2) is 0 Å². The van der Waals surface area contributed by atoms with E-state index in [9.17, 15) is 4.79 Å². The lowest BCUT2D eigenvalue weighted by molar-refractivity contribution is -0.146. The summed E-state index contributed by atoms with van der Waals surface area (Å²) < 4.78 is 10.6. The van der Waals surface area contributed by atoms with Gasteiger partial charge in [0.05, 0.1) is 6.61 Å². The lowest BCUT2D eigenvalue weighted by Gasteiger charge is -2.27. The van der Waals surface area contributed by atoms with E-state index in [0.29, 0.717) is 31.5 Å². The fourth-order valence-electron chi connectivity index (χ4n) is 2.42. The molecule has 0 radical (unpaired) electrons. The average Bonchev–Trinajstić information content (AvgIpc) is 2.43. The summed E-state index contributed by atoms with van der Waals surface area (Å²) in [6.45, 7) is 8.10. The highest BCUT2D eigenvalue weighted by Gasteiger charge is 2.22. The van der Waals surface area contributed by atoms with Crippen LogP contribution in [0.5, 0.6) is 0 Å². The summed E-state index contributed by atoms with van der Waals surface area (Å²) in [4.78, 5) is 11.7. The van der Waals surface area contributed by atoms with Gasteiger partial charge < -0.3 is 14.8 Å². The summed E-state index contributed by atoms with van der Waals surface area (Å²) in [5.74, 6) is 0.931. The Morgan fingerprint density at radius 1 is 1.37 bits per heavy atom. The van der Waals surface area contributed by atoms with Gasteiger partial charge in [0.15, 0.2) is 0 Å². The van der Waals surface area contributed by atoms with Gasteiger partial charge in [0, 0.05) is 13.0 Å². The molecular formula is C15H29NO3. The minimum absolute atomic E-state index is 0.0860. The second kappa shape index (κ2) is 10.2. The van der Waals surface area contributed by atoms with E-state index in [1.54, 1.807) is 0 Å². The molecule has 1 saturated heterocycles. The van der Waals surface area contributed by atoms with Gasteiger partial charge in [-0.1, -0.05) is 20.3 Å². The Hall–Kier alpha value is -0.610. The first-order chi connectivity index (χ1) is 9.24. The van der Waals surface area contributed by atoms with Crippen molar-refractivity contribution >= 4 is 5.97 Å². The van der Waals surface area contributed by atoms with Crippen LogP contribution >= 0.6 is 0 Å². The maximum absolute atomic E-state index is 11.7. The van der Waals surface area contributed by atoms with E-state index in [2.05, 4.69) is 19.2 Å². The van der Waals surface area contributed by atoms with Crippen LogP contribution in [-0.2, 0) is 14.3 Å². The predicted octanol–water partition coefficient (Wildman–Crippen LogP) is 2.37. The lowest BCUT2D eigenvalue weighted by atomic mass is 9.85. The fraction of sp³-hybridized carbons (Fsp3) is 0.933. The summed E-state index contributed by atoms with van der Waals surface area (Å²) in [5, 5.41) is 3.39. The molecule has 0 amide bonds. The first-order valence-electron chi connectivity index (χ1n) is 7.68. The smallest absolute Gasteiger partial charge is 0.306 e. The zero-order chi connectivity index (χ0) is 13.9. The quantitative estimate of drug-likeness (QED) is 0.516. The third kappa shape index (κ3) is 7.53. The lowest BCUT2D eigenvalue weighted by Crippen LogP contribution is -2.34. The van der Waals surface area contributed by atoms with Crippen LogP contribution in [-0.4, -0.2) is 38.9 Å². The number of carbonyl (C=O) groups excluding carboxylic acids is 1. The van der Waals surface area contributed by atoms with Crippen LogP contribution in [0.3, 0.4) is 0 Å². The van der Waals surface area contributed by atoms with Gasteiger partial charge in [-0.2, -0.15) is 0 Å². The molecule has 0 saturated carbocycles. The number of piperidine rings is 1. The van der Waals surface area contributed by atoms with Gasteiger partial charge >= 0.3 is 5.97 Å². The average molecular weight is 271 g/mol. The van der Waals surface area contributed by atoms with Gasteiger partial charge in [-0.05, 0) is 44.2 Å². The van der Waals surface area contributed by atoms with Crippen molar-refractivity contribution in [3.8, 4) is 0 Å². The molecule has 4 heteroatoms. The predicted molar refractivity (Wildman–Crippen MR) is 76.1 cm³/mol. The van der Waals surface area contributed by atoms with Crippen LogP contribution in [0.2, 0.25) is 0 Å². The number of hydrogen-bond donors (Lipinski definition) is 1. The zero-order valence-electron chi connectivity index (χ0n) is 12.5. The molecule has 0 spiro atoms. The number of unbranched alkanes of at least 4 members (excludes halogenated alkanes) is 1. The van der Waals surface area contributed by atoms with Crippen LogP contribution in [0.1, 0.15) is 46.0 Å². The van der Waals surface area contributed by atoms with Gasteiger partial charge in [0.2, 0.25) is 0 Å². The summed E-state index contributed by atoms with van der Waals surface area (Å²) >= 11 is 0. The third-order valence-electron chi connectivity index (χ3n) is 3.76. The molecule has 1 N–H and O–H groups in total. The highest BCUT2D eigenvalue weighted by molar-refractivity contribution is 5.69. The van der Waals surface area contributed by atoms with Crippen LogP contribution in [0.4, 0.5) is 0 Å². The molecule has 0 bridgehead atoms. The van der Waals surface area contributed by atoms with Crippen LogP contribution in [0.25, 0.3) is 0 Å². The molecule has 112 valence electrons. The van der Waals surface area contributed by atoms with Crippen molar-refractivity contribution in [3.05, 3.63) is 0 Å². The summed E-state index contributed by atoms with van der Waals surface area (Å²) in [6, 6.07) is 0. The molecule has 4 nitrogen and oxygen atoms in total. The molecule has 19 heavy (non-hydrogen) atoms. The van der Waals surface area contributed by atoms with Crippen molar-refractivity contribution in [2.75, 3.05) is 32.9 Å². The third-order valence-corrected chi connectivity index (χ3v) is 3.76. The standard InChI is InChI=1S/C15H29NO3/c1-3-4-8-18-9-10-19-15(17)11-13(2)14-6-5-7-16-12-14/h13-14,16H,3-12H2,1-2H3. The zero-order valence-corrected chi connectivity index (χ0v) is 12.5. The molecule has 0 aromatic heterocycles. The van der Waals surface area contributed by atoms with Crippen LogP contribution in [0, 0.1) is 11.8 Å². The maximum Gasteiger partial charge on any atom is 0.306 e. The number of hydrogen-bond acceptors (Lipinski definition) is 4. The number of rotatable bonds is 9. The molecule has 2 unspecified atom stereocenters. The Labute approximate surface area is 117 Å². The van der Waals surface area contributed by atoms with Gasteiger partial charge in [-0.15, -0.1) is 0 Å². The second-order valence-corrected chi connectivity index (χ2v) is 5.47. The number of carbonyl (C=O) groups is 1. The first-order valence-corrected chi connectivity index (χ1v) is 7.68. The van der Waals surface area contributed by atoms with Crippen molar-refractivity contribution in [2.45, 2.75) is 46.0 Å². The van der Waals surface area contributed by atoms with Crippen molar-refractivity contribution in [1.29, 1.82) is 0 Å². The van der Waals surface area contributed by atoms with E-state index in [0.717, 1.165) is 32.5 Å². The Morgan fingerprint density at radius 3 is 2.89 bits per heavy atom. The monoisotopic (exact) mass is 271 g/mol. The van der Waals surface area contributed by atoms with E-state index >= 15 is 0 Å². The van der Waals surface area contributed by atoms with Crippen molar-refractivity contribution < 1.29 is 14.3 Å². The summed E-state index contributed by atoms with van der Waals surface area (Å²) in [6.07, 6.45) is 5.17. The highest BCUT2D eigenvalue weighted by Crippen LogP contribution is 2.22. The van der Waals surface area contributed by atoms with E-state index in [-0.39, 0.29) is 5.97 Å². The number of esters is 1. The number of nitrogens with one attached hydrogen (secondary N) is 1. The Bertz CT molecular complexity index is 240. The molecule has 1 fully saturated rings. The molecular weight excluding hydrogens is 242 g/mol. The largest absolute Gasteiger partial charge is 0.463 e. The molecule has 1 aliphatic rings. The normalized spacial score (nSPS) is 21.1. The van der Waals surface area contributed by atoms with Crippen LogP contribution in [0.15, 0.2) is 0 Å². The Morgan fingerprint density at radius 2 is 2.21 bits per heavy atom. The summed E-state index contributed by atoms with van der Waals surface area (Å²) in [5.41, 5.74) is 0. The van der Waals surface area contributed by atoms with Crippen molar-refractivity contribution in [1.82, 2.24) is 5.32 Å². The van der Waals surface area contributed by atoms with E-state index < -0.39 is 0 Å². The second-order valence-electron chi connectivity index (χ2n) is 5.47. The van der Waals surface area contributed by atoms with Gasteiger partial charge in [0.25, 0.3) is 0 Å². The molecule has 1 aliphatic heterocycles. The first kappa shape index (κ1) is 16.4.